The van der Waals surface area contributed by atoms with E-state index in [0.29, 0.717) is 13.2 Å². The second-order valence-electron chi connectivity index (χ2n) is 4.79. The summed E-state index contributed by atoms with van der Waals surface area (Å²) in [6, 6.07) is 8.39. The van der Waals surface area contributed by atoms with Crippen LogP contribution in [0.3, 0.4) is 0 Å². The summed E-state index contributed by atoms with van der Waals surface area (Å²) in [5.74, 6) is 0. The minimum absolute atomic E-state index is 0.167. The number of rotatable bonds is 8. The van der Waals surface area contributed by atoms with Crippen molar-refractivity contribution in [1.82, 2.24) is 5.32 Å². The molecule has 18 heavy (non-hydrogen) atoms. The Morgan fingerprint density at radius 1 is 1.22 bits per heavy atom. The molecule has 0 saturated heterocycles. The number of aliphatic hydroxyl groups is 1. The lowest BCUT2D eigenvalue weighted by Gasteiger charge is -2.15. The van der Waals surface area contributed by atoms with Gasteiger partial charge in [0.1, 0.15) is 0 Å². The average Bonchev–Trinajstić information content (AvgIpc) is 2.37. The average molecular weight is 251 g/mol. The number of hydrogen-bond donors (Lipinski definition) is 2. The third kappa shape index (κ3) is 5.63. The number of benzene rings is 1. The lowest BCUT2D eigenvalue weighted by molar-refractivity contribution is 0.00630. The molecule has 1 aromatic rings. The van der Waals surface area contributed by atoms with Crippen molar-refractivity contribution in [2.24, 2.45) is 0 Å². The van der Waals surface area contributed by atoms with E-state index >= 15 is 0 Å². The Morgan fingerprint density at radius 3 is 2.50 bits per heavy atom. The standard InChI is InChI=1S/C15H25NO2/c1-4-13-7-5-6-8-14(13)9-16-10-15(17)11-18-12(2)3/h5-8,12,15-17H,4,9-11H2,1-3H3. The Bertz CT molecular complexity index is 339. The first-order chi connectivity index (χ1) is 8.63. The van der Waals surface area contributed by atoms with Crippen molar-refractivity contribution < 1.29 is 9.84 Å². The molecular weight excluding hydrogens is 226 g/mol. The molecule has 0 spiro atoms. The van der Waals surface area contributed by atoms with E-state index in [0.717, 1.165) is 13.0 Å². The Labute approximate surface area is 110 Å². The molecule has 0 aliphatic heterocycles. The highest BCUT2D eigenvalue weighted by Gasteiger charge is 2.06. The molecule has 0 fully saturated rings. The monoisotopic (exact) mass is 251 g/mol. The van der Waals surface area contributed by atoms with Gasteiger partial charge in [-0.15, -0.1) is 0 Å². The van der Waals surface area contributed by atoms with E-state index in [9.17, 15) is 5.11 Å². The van der Waals surface area contributed by atoms with E-state index in [4.69, 9.17) is 4.74 Å². The molecule has 2 N–H and O–H groups in total. The fourth-order valence-electron chi connectivity index (χ4n) is 1.81. The summed E-state index contributed by atoms with van der Waals surface area (Å²) in [5, 5.41) is 13.0. The fraction of sp³-hybridized carbons (Fsp3) is 0.600. The Kier molecular flexibility index (Phi) is 6.94. The minimum atomic E-state index is -0.443. The van der Waals surface area contributed by atoms with Gasteiger partial charge in [-0.05, 0) is 31.4 Å². The summed E-state index contributed by atoms with van der Waals surface area (Å²) in [6.07, 6.45) is 0.762. The summed E-state index contributed by atoms with van der Waals surface area (Å²) >= 11 is 0. The van der Waals surface area contributed by atoms with Gasteiger partial charge in [-0.3, -0.25) is 0 Å². The van der Waals surface area contributed by atoms with Gasteiger partial charge in [-0.1, -0.05) is 31.2 Å². The van der Waals surface area contributed by atoms with Crippen molar-refractivity contribution in [3.05, 3.63) is 35.4 Å². The quantitative estimate of drug-likeness (QED) is 0.743. The van der Waals surface area contributed by atoms with Crippen LogP contribution < -0.4 is 5.32 Å². The normalized spacial score (nSPS) is 12.9. The van der Waals surface area contributed by atoms with Crippen molar-refractivity contribution in [3.8, 4) is 0 Å². The van der Waals surface area contributed by atoms with Crippen molar-refractivity contribution in [3.63, 3.8) is 0 Å². The second-order valence-corrected chi connectivity index (χ2v) is 4.79. The predicted octanol–water partition coefficient (Wildman–Crippen LogP) is 2.12. The highest BCUT2D eigenvalue weighted by atomic mass is 16.5. The SMILES string of the molecule is CCc1ccccc1CNCC(O)COC(C)C. The van der Waals surface area contributed by atoms with Gasteiger partial charge in [0.25, 0.3) is 0 Å². The van der Waals surface area contributed by atoms with Crippen LogP contribution in [-0.4, -0.2) is 30.5 Å². The Hall–Kier alpha value is -0.900. The van der Waals surface area contributed by atoms with Gasteiger partial charge in [0, 0.05) is 13.1 Å². The molecule has 0 bridgehead atoms. The van der Waals surface area contributed by atoms with E-state index in [1.165, 1.54) is 11.1 Å². The van der Waals surface area contributed by atoms with Crippen LogP contribution in [0, 0.1) is 0 Å². The number of nitrogens with one attached hydrogen (secondary N) is 1. The molecule has 0 aliphatic carbocycles. The summed E-state index contributed by atoms with van der Waals surface area (Å²) in [6.45, 7) is 7.84. The zero-order chi connectivity index (χ0) is 13.4. The molecule has 0 saturated carbocycles. The molecule has 1 unspecified atom stereocenters. The van der Waals surface area contributed by atoms with Crippen LogP contribution in [0.4, 0.5) is 0 Å². The molecule has 0 aromatic heterocycles. The summed E-state index contributed by atoms with van der Waals surface area (Å²) in [5.41, 5.74) is 2.66. The topological polar surface area (TPSA) is 41.5 Å². The molecule has 1 rings (SSSR count). The lowest BCUT2D eigenvalue weighted by atomic mass is 10.1. The van der Waals surface area contributed by atoms with E-state index in [2.05, 4.69) is 36.5 Å². The smallest absolute Gasteiger partial charge is 0.0897 e. The first-order valence-corrected chi connectivity index (χ1v) is 6.70. The van der Waals surface area contributed by atoms with Crippen molar-refractivity contribution in [1.29, 1.82) is 0 Å². The largest absolute Gasteiger partial charge is 0.389 e. The highest BCUT2D eigenvalue weighted by molar-refractivity contribution is 5.26. The van der Waals surface area contributed by atoms with Crippen molar-refractivity contribution >= 4 is 0 Å². The number of aryl methyl sites for hydroxylation is 1. The van der Waals surface area contributed by atoms with Crippen LogP contribution in [0.15, 0.2) is 24.3 Å². The number of aliphatic hydroxyl groups excluding tert-OH is 1. The van der Waals surface area contributed by atoms with Crippen LogP contribution in [0.2, 0.25) is 0 Å². The van der Waals surface area contributed by atoms with Crippen LogP contribution in [0.25, 0.3) is 0 Å². The highest BCUT2D eigenvalue weighted by Crippen LogP contribution is 2.08. The number of ether oxygens (including phenoxy) is 1. The summed E-state index contributed by atoms with van der Waals surface area (Å²) < 4.78 is 5.36. The van der Waals surface area contributed by atoms with Crippen molar-refractivity contribution in [2.75, 3.05) is 13.2 Å². The summed E-state index contributed by atoms with van der Waals surface area (Å²) in [4.78, 5) is 0. The Morgan fingerprint density at radius 2 is 1.89 bits per heavy atom. The van der Waals surface area contributed by atoms with Gasteiger partial charge in [-0.2, -0.15) is 0 Å². The molecule has 0 heterocycles. The maximum Gasteiger partial charge on any atom is 0.0897 e. The zero-order valence-corrected chi connectivity index (χ0v) is 11.6. The maximum absolute atomic E-state index is 9.72. The molecule has 102 valence electrons. The van der Waals surface area contributed by atoms with Gasteiger partial charge in [0.2, 0.25) is 0 Å². The van der Waals surface area contributed by atoms with Crippen LogP contribution in [-0.2, 0) is 17.7 Å². The predicted molar refractivity (Wildman–Crippen MR) is 74.6 cm³/mol. The van der Waals surface area contributed by atoms with E-state index < -0.39 is 6.10 Å². The maximum atomic E-state index is 9.72. The van der Waals surface area contributed by atoms with Gasteiger partial charge >= 0.3 is 0 Å². The molecule has 1 atom stereocenters. The molecular formula is C15H25NO2. The Balaban J connectivity index is 2.28. The van der Waals surface area contributed by atoms with Gasteiger partial charge < -0.3 is 15.2 Å². The second kappa shape index (κ2) is 8.25. The van der Waals surface area contributed by atoms with Crippen molar-refractivity contribution in [2.45, 2.75) is 45.9 Å². The van der Waals surface area contributed by atoms with Gasteiger partial charge in [-0.25, -0.2) is 0 Å². The summed E-state index contributed by atoms with van der Waals surface area (Å²) in [7, 11) is 0. The fourth-order valence-corrected chi connectivity index (χ4v) is 1.81. The molecule has 1 aromatic carbocycles. The van der Waals surface area contributed by atoms with Crippen LogP contribution >= 0.6 is 0 Å². The van der Waals surface area contributed by atoms with Crippen LogP contribution in [0.1, 0.15) is 31.9 Å². The third-order valence-electron chi connectivity index (χ3n) is 2.82. The lowest BCUT2D eigenvalue weighted by Crippen LogP contribution is -2.31. The third-order valence-corrected chi connectivity index (χ3v) is 2.82. The molecule has 0 radical (unpaired) electrons. The number of hydrogen-bond acceptors (Lipinski definition) is 3. The van der Waals surface area contributed by atoms with Gasteiger partial charge in [0.15, 0.2) is 0 Å². The van der Waals surface area contributed by atoms with E-state index in [-0.39, 0.29) is 6.10 Å². The molecule has 3 heteroatoms. The molecule has 0 amide bonds. The zero-order valence-electron chi connectivity index (χ0n) is 11.6. The first-order valence-electron chi connectivity index (χ1n) is 6.70. The van der Waals surface area contributed by atoms with Gasteiger partial charge in [0.05, 0.1) is 18.8 Å². The van der Waals surface area contributed by atoms with E-state index in [1.54, 1.807) is 0 Å². The molecule has 0 aliphatic rings. The molecule has 3 nitrogen and oxygen atoms in total. The first kappa shape index (κ1) is 15.2. The minimum Gasteiger partial charge on any atom is -0.389 e. The van der Waals surface area contributed by atoms with E-state index in [1.807, 2.05) is 13.8 Å². The van der Waals surface area contributed by atoms with Crippen LogP contribution in [0.5, 0.6) is 0 Å².